The number of amides is 1. The molecule has 0 aromatic heterocycles. The van der Waals surface area contributed by atoms with Gasteiger partial charge in [-0.15, -0.1) is 0 Å². The van der Waals surface area contributed by atoms with Crippen LogP contribution in [0.3, 0.4) is 0 Å². The molecular formula is C24H25NO4S. The maximum Gasteiger partial charge on any atom is 0.224 e. The maximum absolute atomic E-state index is 12.2. The molecule has 0 fully saturated rings. The van der Waals surface area contributed by atoms with Gasteiger partial charge in [-0.2, -0.15) is 0 Å². The minimum atomic E-state index is -3.23. The Labute approximate surface area is 177 Å². The van der Waals surface area contributed by atoms with Gasteiger partial charge in [0.05, 0.1) is 23.6 Å². The Morgan fingerprint density at radius 3 is 2.27 bits per heavy atom. The molecule has 0 unspecified atom stereocenters. The quantitative estimate of drug-likeness (QED) is 0.530. The van der Waals surface area contributed by atoms with Crippen molar-refractivity contribution >= 4 is 15.7 Å². The molecule has 5 nitrogen and oxygen atoms in total. The van der Waals surface area contributed by atoms with E-state index in [1.54, 1.807) is 31.2 Å². The molecule has 0 spiro atoms. The summed E-state index contributed by atoms with van der Waals surface area (Å²) in [5, 5.41) is 2.83. The van der Waals surface area contributed by atoms with Gasteiger partial charge in [0.25, 0.3) is 0 Å². The second-order valence-corrected chi connectivity index (χ2v) is 9.06. The van der Waals surface area contributed by atoms with Crippen LogP contribution in [0.25, 0.3) is 11.1 Å². The van der Waals surface area contributed by atoms with E-state index in [0.717, 1.165) is 22.4 Å². The van der Waals surface area contributed by atoms with Crippen molar-refractivity contribution in [1.29, 1.82) is 0 Å². The van der Waals surface area contributed by atoms with Crippen LogP contribution in [0.2, 0.25) is 0 Å². The van der Waals surface area contributed by atoms with Crippen molar-refractivity contribution in [2.45, 2.75) is 18.2 Å². The van der Waals surface area contributed by atoms with Crippen molar-refractivity contribution in [3.63, 3.8) is 0 Å². The van der Waals surface area contributed by atoms with Gasteiger partial charge in [0.15, 0.2) is 9.84 Å². The van der Waals surface area contributed by atoms with E-state index < -0.39 is 9.84 Å². The van der Waals surface area contributed by atoms with E-state index in [1.165, 1.54) is 0 Å². The van der Waals surface area contributed by atoms with Gasteiger partial charge in [-0.1, -0.05) is 67.6 Å². The fourth-order valence-electron chi connectivity index (χ4n) is 3.03. The summed E-state index contributed by atoms with van der Waals surface area (Å²) in [6.07, 6.45) is 0.188. The molecule has 0 aliphatic heterocycles. The van der Waals surface area contributed by atoms with Gasteiger partial charge in [-0.3, -0.25) is 4.79 Å². The third kappa shape index (κ3) is 5.70. The van der Waals surface area contributed by atoms with E-state index in [9.17, 15) is 13.2 Å². The van der Waals surface area contributed by atoms with Gasteiger partial charge in [0.1, 0.15) is 12.4 Å². The third-order valence-corrected chi connectivity index (χ3v) is 6.43. The highest BCUT2D eigenvalue weighted by Gasteiger charge is 2.11. The highest BCUT2D eigenvalue weighted by Crippen LogP contribution is 2.29. The van der Waals surface area contributed by atoms with Crippen LogP contribution in [-0.2, 0) is 21.1 Å². The zero-order valence-corrected chi connectivity index (χ0v) is 17.7. The van der Waals surface area contributed by atoms with Gasteiger partial charge in [0, 0.05) is 5.56 Å². The molecule has 3 aromatic rings. The molecule has 0 aliphatic rings. The Hall–Kier alpha value is -3.12. The zero-order valence-electron chi connectivity index (χ0n) is 16.9. The number of benzene rings is 3. The summed E-state index contributed by atoms with van der Waals surface area (Å²) < 4.78 is 29.6. The number of hydrogen-bond donors (Lipinski definition) is 1. The minimum Gasteiger partial charge on any atom is -0.491 e. The number of para-hydroxylation sites is 1. The lowest BCUT2D eigenvalue weighted by Crippen LogP contribution is -2.29. The molecule has 3 aromatic carbocycles. The van der Waals surface area contributed by atoms with Gasteiger partial charge >= 0.3 is 0 Å². The molecular weight excluding hydrogens is 398 g/mol. The van der Waals surface area contributed by atoms with Crippen LogP contribution >= 0.6 is 0 Å². The predicted molar refractivity (Wildman–Crippen MR) is 118 cm³/mol. The van der Waals surface area contributed by atoms with Crippen molar-refractivity contribution in [3.05, 3.63) is 84.4 Å². The second kappa shape index (κ2) is 10.1. The average molecular weight is 424 g/mol. The van der Waals surface area contributed by atoms with E-state index in [2.05, 4.69) is 5.32 Å². The summed E-state index contributed by atoms with van der Waals surface area (Å²) in [5.74, 6) is 0.687. The first kappa shape index (κ1) is 21.6. The molecule has 0 bridgehead atoms. The highest BCUT2D eigenvalue weighted by atomic mass is 32.2. The van der Waals surface area contributed by atoms with Crippen LogP contribution in [-0.4, -0.2) is 33.2 Å². The van der Waals surface area contributed by atoms with Crippen molar-refractivity contribution < 1.29 is 17.9 Å². The lowest BCUT2D eigenvalue weighted by atomic mass is 10.1. The molecule has 1 amide bonds. The maximum atomic E-state index is 12.2. The summed E-state index contributed by atoms with van der Waals surface area (Å²) in [5.41, 5.74) is 2.84. The fourth-order valence-corrected chi connectivity index (χ4v) is 3.91. The third-order valence-electron chi connectivity index (χ3n) is 4.68. The Morgan fingerprint density at radius 2 is 1.57 bits per heavy atom. The topological polar surface area (TPSA) is 72.5 Å². The summed E-state index contributed by atoms with van der Waals surface area (Å²) in [4.78, 5) is 12.4. The first-order valence-electron chi connectivity index (χ1n) is 9.85. The second-order valence-electron chi connectivity index (χ2n) is 6.78. The smallest absolute Gasteiger partial charge is 0.224 e. The summed E-state index contributed by atoms with van der Waals surface area (Å²) in [7, 11) is -3.23. The molecule has 0 aliphatic carbocycles. The number of sulfone groups is 1. The van der Waals surface area contributed by atoms with Crippen molar-refractivity contribution in [2.75, 3.05) is 18.9 Å². The van der Waals surface area contributed by atoms with Gasteiger partial charge in [-0.05, 0) is 29.3 Å². The van der Waals surface area contributed by atoms with Crippen LogP contribution in [0.5, 0.6) is 5.75 Å². The SMILES string of the molecule is CCS(=O)(=O)c1ccc(CC(=O)NCCOc2ccccc2-c2ccccc2)cc1. The van der Waals surface area contributed by atoms with E-state index in [0.29, 0.717) is 13.2 Å². The van der Waals surface area contributed by atoms with Gasteiger partial charge in [0.2, 0.25) is 5.91 Å². The van der Waals surface area contributed by atoms with Gasteiger partial charge < -0.3 is 10.1 Å². The lowest BCUT2D eigenvalue weighted by Gasteiger charge is -2.12. The Kier molecular flexibility index (Phi) is 7.25. The Balaban J connectivity index is 1.49. The molecule has 1 N–H and O–H groups in total. The standard InChI is InChI=1S/C24H25NO4S/c1-2-30(27,28)21-14-12-19(13-15-21)18-24(26)25-16-17-29-23-11-7-6-10-22(23)20-8-4-3-5-9-20/h3-15H,2,16-18H2,1H3,(H,25,26). The number of hydrogen-bond acceptors (Lipinski definition) is 4. The number of carbonyl (C=O) groups is 1. The van der Waals surface area contributed by atoms with Crippen molar-refractivity contribution in [1.82, 2.24) is 5.32 Å². The molecule has 0 atom stereocenters. The highest BCUT2D eigenvalue weighted by molar-refractivity contribution is 7.91. The molecule has 0 radical (unpaired) electrons. The first-order valence-corrected chi connectivity index (χ1v) is 11.5. The molecule has 0 heterocycles. The van der Waals surface area contributed by atoms with Crippen LogP contribution in [0, 0.1) is 0 Å². The van der Waals surface area contributed by atoms with Crippen LogP contribution in [0.4, 0.5) is 0 Å². The lowest BCUT2D eigenvalue weighted by molar-refractivity contribution is -0.120. The average Bonchev–Trinajstić information content (AvgIpc) is 2.78. The summed E-state index contributed by atoms with van der Waals surface area (Å²) >= 11 is 0. The van der Waals surface area contributed by atoms with Crippen LogP contribution in [0.15, 0.2) is 83.8 Å². The normalized spacial score (nSPS) is 11.1. The Morgan fingerprint density at radius 1 is 0.900 bits per heavy atom. The Bertz CT molecular complexity index is 1080. The molecule has 0 saturated carbocycles. The number of rotatable bonds is 9. The first-order chi connectivity index (χ1) is 14.5. The minimum absolute atomic E-state index is 0.0558. The monoisotopic (exact) mass is 423 g/mol. The van der Waals surface area contributed by atoms with Crippen LogP contribution in [0.1, 0.15) is 12.5 Å². The molecule has 30 heavy (non-hydrogen) atoms. The van der Waals surface area contributed by atoms with E-state index in [1.807, 2.05) is 54.6 Å². The molecule has 6 heteroatoms. The number of ether oxygens (including phenoxy) is 1. The van der Waals surface area contributed by atoms with Crippen molar-refractivity contribution in [3.8, 4) is 16.9 Å². The van der Waals surface area contributed by atoms with Crippen molar-refractivity contribution in [2.24, 2.45) is 0 Å². The molecule has 3 rings (SSSR count). The van der Waals surface area contributed by atoms with E-state index in [4.69, 9.17) is 4.74 Å². The largest absolute Gasteiger partial charge is 0.491 e. The number of carbonyl (C=O) groups excluding carboxylic acids is 1. The molecule has 156 valence electrons. The summed E-state index contributed by atoms with van der Waals surface area (Å²) in [6, 6.07) is 24.2. The van der Waals surface area contributed by atoms with Gasteiger partial charge in [-0.25, -0.2) is 8.42 Å². The molecule has 0 saturated heterocycles. The van der Waals surface area contributed by atoms with E-state index >= 15 is 0 Å². The summed E-state index contributed by atoms with van der Waals surface area (Å²) in [6.45, 7) is 2.34. The van der Waals surface area contributed by atoms with E-state index in [-0.39, 0.29) is 23.0 Å². The number of nitrogens with one attached hydrogen (secondary N) is 1. The fraction of sp³-hybridized carbons (Fsp3) is 0.208. The zero-order chi connectivity index (χ0) is 21.4. The predicted octanol–water partition coefficient (Wildman–Crippen LogP) is 3.88. The van der Waals surface area contributed by atoms with Crippen LogP contribution < -0.4 is 10.1 Å².